The SMILES string of the molecule is COc1ccc2[nH]c3c(c2c1)CCNC3c1cccc(Oc2ccccc2)c1. The van der Waals surface area contributed by atoms with E-state index in [9.17, 15) is 0 Å². The molecule has 2 heterocycles. The number of ether oxygens (including phenoxy) is 2. The predicted molar refractivity (Wildman–Crippen MR) is 111 cm³/mol. The molecule has 0 bridgehead atoms. The molecule has 1 aliphatic rings. The predicted octanol–water partition coefficient (Wildman–Crippen LogP) is 5.20. The first kappa shape index (κ1) is 16.9. The van der Waals surface area contributed by atoms with E-state index in [1.807, 2.05) is 42.5 Å². The number of fused-ring (bicyclic) bond motifs is 3. The normalized spacial score (nSPS) is 16.0. The monoisotopic (exact) mass is 370 g/mol. The van der Waals surface area contributed by atoms with Crippen LogP contribution < -0.4 is 14.8 Å². The molecule has 4 heteroatoms. The third kappa shape index (κ3) is 3.02. The van der Waals surface area contributed by atoms with Crippen LogP contribution in [-0.4, -0.2) is 18.6 Å². The zero-order valence-corrected chi connectivity index (χ0v) is 15.7. The third-order valence-corrected chi connectivity index (χ3v) is 5.33. The molecule has 2 N–H and O–H groups in total. The number of aromatic amines is 1. The Labute approximate surface area is 164 Å². The molecule has 28 heavy (non-hydrogen) atoms. The molecule has 1 aliphatic heterocycles. The van der Waals surface area contributed by atoms with E-state index in [2.05, 4.69) is 40.6 Å². The average molecular weight is 370 g/mol. The summed E-state index contributed by atoms with van der Waals surface area (Å²) in [7, 11) is 1.71. The van der Waals surface area contributed by atoms with Gasteiger partial charge in [0.25, 0.3) is 0 Å². The second-order valence-corrected chi connectivity index (χ2v) is 7.05. The van der Waals surface area contributed by atoms with Crippen molar-refractivity contribution in [3.8, 4) is 17.2 Å². The minimum Gasteiger partial charge on any atom is -0.497 e. The van der Waals surface area contributed by atoms with E-state index in [4.69, 9.17) is 9.47 Å². The van der Waals surface area contributed by atoms with Crippen molar-refractivity contribution in [3.05, 3.63) is 89.6 Å². The quantitative estimate of drug-likeness (QED) is 0.519. The number of para-hydroxylation sites is 1. The lowest BCUT2D eigenvalue weighted by molar-refractivity contribution is 0.415. The van der Waals surface area contributed by atoms with Gasteiger partial charge in [-0.3, -0.25) is 0 Å². The fourth-order valence-corrected chi connectivity index (χ4v) is 4.00. The molecule has 0 fully saturated rings. The molecule has 0 saturated carbocycles. The molecule has 140 valence electrons. The van der Waals surface area contributed by atoms with Gasteiger partial charge < -0.3 is 19.8 Å². The summed E-state index contributed by atoms with van der Waals surface area (Å²) in [5, 5.41) is 4.90. The molecule has 4 nitrogen and oxygen atoms in total. The second kappa shape index (κ2) is 7.06. The minimum absolute atomic E-state index is 0.112. The summed E-state index contributed by atoms with van der Waals surface area (Å²) in [6.45, 7) is 0.936. The molecule has 0 amide bonds. The van der Waals surface area contributed by atoms with Crippen molar-refractivity contribution in [2.75, 3.05) is 13.7 Å². The topological polar surface area (TPSA) is 46.3 Å². The molecule has 0 aliphatic carbocycles. The molecular formula is C24H22N2O2. The maximum atomic E-state index is 6.03. The molecule has 0 radical (unpaired) electrons. The lowest BCUT2D eigenvalue weighted by Crippen LogP contribution is -2.30. The molecule has 0 saturated heterocycles. The van der Waals surface area contributed by atoms with Crippen LogP contribution in [0.1, 0.15) is 22.9 Å². The highest BCUT2D eigenvalue weighted by Crippen LogP contribution is 2.36. The summed E-state index contributed by atoms with van der Waals surface area (Å²) in [5.41, 5.74) is 4.93. The first-order valence-corrected chi connectivity index (χ1v) is 9.56. The summed E-state index contributed by atoms with van der Waals surface area (Å²) in [6, 6.07) is 24.5. The highest BCUT2D eigenvalue weighted by molar-refractivity contribution is 5.86. The number of methoxy groups -OCH3 is 1. The molecular weight excluding hydrogens is 348 g/mol. The smallest absolute Gasteiger partial charge is 0.127 e. The number of benzene rings is 3. The van der Waals surface area contributed by atoms with Crippen molar-refractivity contribution >= 4 is 10.9 Å². The standard InChI is InChI=1S/C24H22N2O2/c1-27-18-10-11-22-21(15-18)20-12-13-25-23(24(20)26-22)16-6-5-9-19(14-16)28-17-7-3-2-4-8-17/h2-11,14-15,23,25-26H,12-13H2,1H3. The number of aromatic nitrogens is 1. The van der Waals surface area contributed by atoms with Crippen molar-refractivity contribution in [3.63, 3.8) is 0 Å². The largest absolute Gasteiger partial charge is 0.497 e. The van der Waals surface area contributed by atoms with E-state index in [1.165, 1.54) is 22.2 Å². The fourth-order valence-electron chi connectivity index (χ4n) is 4.00. The number of rotatable bonds is 4. The molecule has 0 spiro atoms. The maximum absolute atomic E-state index is 6.03. The van der Waals surface area contributed by atoms with Gasteiger partial charge in [0.1, 0.15) is 17.2 Å². The summed E-state index contributed by atoms with van der Waals surface area (Å²) in [5.74, 6) is 2.58. The van der Waals surface area contributed by atoms with Crippen molar-refractivity contribution < 1.29 is 9.47 Å². The van der Waals surface area contributed by atoms with E-state index in [-0.39, 0.29) is 6.04 Å². The Balaban J connectivity index is 1.52. The molecule has 1 aromatic heterocycles. The van der Waals surface area contributed by atoms with Crippen LogP contribution in [-0.2, 0) is 6.42 Å². The van der Waals surface area contributed by atoms with Crippen molar-refractivity contribution in [2.24, 2.45) is 0 Å². The van der Waals surface area contributed by atoms with Crippen molar-refractivity contribution in [1.82, 2.24) is 10.3 Å². The van der Waals surface area contributed by atoms with Gasteiger partial charge in [0, 0.05) is 23.1 Å². The van der Waals surface area contributed by atoms with Gasteiger partial charge in [-0.1, -0.05) is 30.3 Å². The lowest BCUT2D eigenvalue weighted by atomic mass is 9.94. The van der Waals surface area contributed by atoms with Gasteiger partial charge in [0.15, 0.2) is 0 Å². The van der Waals surface area contributed by atoms with Gasteiger partial charge >= 0.3 is 0 Å². The lowest BCUT2D eigenvalue weighted by Gasteiger charge is -2.25. The fraction of sp³-hybridized carbons (Fsp3) is 0.167. The Morgan fingerprint density at radius 2 is 1.71 bits per heavy atom. The van der Waals surface area contributed by atoms with Crippen molar-refractivity contribution in [2.45, 2.75) is 12.5 Å². The number of hydrogen-bond acceptors (Lipinski definition) is 3. The van der Waals surface area contributed by atoms with Crippen LogP contribution >= 0.6 is 0 Å². The van der Waals surface area contributed by atoms with Gasteiger partial charge in [-0.25, -0.2) is 0 Å². The Kier molecular flexibility index (Phi) is 4.26. The molecule has 1 unspecified atom stereocenters. The Morgan fingerprint density at radius 3 is 2.57 bits per heavy atom. The Morgan fingerprint density at radius 1 is 0.857 bits per heavy atom. The summed E-state index contributed by atoms with van der Waals surface area (Å²) in [4.78, 5) is 3.63. The molecule has 1 atom stereocenters. The number of nitrogens with one attached hydrogen (secondary N) is 2. The maximum Gasteiger partial charge on any atom is 0.127 e. The van der Waals surface area contributed by atoms with Gasteiger partial charge in [-0.05, 0) is 60.0 Å². The van der Waals surface area contributed by atoms with Gasteiger partial charge in [0.05, 0.1) is 13.2 Å². The molecule has 3 aromatic carbocycles. The van der Waals surface area contributed by atoms with Gasteiger partial charge in [-0.2, -0.15) is 0 Å². The van der Waals surface area contributed by atoms with E-state index in [0.29, 0.717) is 0 Å². The highest BCUT2D eigenvalue weighted by atomic mass is 16.5. The van der Waals surface area contributed by atoms with Crippen LogP contribution in [0.5, 0.6) is 17.2 Å². The van der Waals surface area contributed by atoms with Crippen LogP contribution in [0.3, 0.4) is 0 Å². The zero-order chi connectivity index (χ0) is 18.9. The highest BCUT2D eigenvalue weighted by Gasteiger charge is 2.25. The zero-order valence-electron chi connectivity index (χ0n) is 15.7. The van der Waals surface area contributed by atoms with Crippen LogP contribution in [0, 0.1) is 0 Å². The second-order valence-electron chi connectivity index (χ2n) is 7.05. The average Bonchev–Trinajstić information content (AvgIpc) is 3.12. The first-order valence-electron chi connectivity index (χ1n) is 9.56. The van der Waals surface area contributed by atoms with E-state index in [1.54, 1.807) is 7.11 Å². The summed E-state index contributed by atoms with van der Waals surface area (Å²) < 4.78 is 11.5. The van der Waals surface area contributed by atoms with Crippen LogP contribution in [0.15, 0.2) is 72.8 Å². The molecule has 4 aromatic rings. The van der Waals surface area contributed by atoms with E-state index < -0.39 is 0 Å². The van der Waals surface area contributed by atoms with Gasteiger partial charge in [0.2, 0.25) is 0 Å². The van der Waals surface area contributed by atoms with Crippen LogP contribution in [0.4, 0.5) is 0 Å². The van der Waals surface area contributed by atoms with Crippen molar-refractivity contribution in [1.29, 1.82) is 0 Å². The Hall–Kier alpha value is -3.24. The summed E-state index contributed by atoms with van der Waals surface area (Å²) >= 11 is 0. The summed E-state index contributed by atoms with van der Waals surface area (Å²) in [6.07, 6.45) is 0.999. The third-order valence-electron chi connectivity index (χ3n) is 5.33. The van der Waals surface area contributed by atoms with Crippen LogP contribution in [0.25, 0.3) is 10.9 Å². The van der Waals surface area contributed by atoms with Crippen LogP contribution in [0.2, 0.25) is 0 Å². The number of H-pyrrole nitrogens is 1. The molecule has 5 rings (SSSR count). The Bertz CT molecular complexity index is 1120. The minimum atomic E-state index is 0.112. The van der Waals surface area contributed by atoms with Gasteiger partial charge in [-0.15, -0.1) is 0 Å². The first-order chi connectivity index (χ1) is 13.8. The number of hydrogen-bond donors (Lipinski definition) is 2. The van der Waals surface area contributed by atoms with E-state index >= 15 is 0 Å². The van der Waals surface area contributed by atoms with E-state index in [0.717, 1.165) is 35.7 Å².